The Bertz CT molecular complexity index is 33.5. The van der Waals surface area contributed by atoms with Crippen molar-refractivity contribution in [3.05, 3.63) is 0 Å². The third kappa shape index (κ3) is 18.0. The molecule has 0 saturated heterocycles. The van der Waals surface area contributed by atoms with Gasteiger partial charge in [-0.2, -0.15) is 0 Å². The Hall–Kier alpha value is -0.0400. The molecule has 0 aliphatic heterocycles. The van der Waals surface area contributed by atoms with Crippen molar-refractivity contribution < 1.29 is 4.74 Å². The highest BCUT2D eigenvalue weighted by molar-refractivity contribution is 4.36. The Morgan fingerprint density at radius 1 is 1.22 bits per heavy atom. The predicted molar refractivity (Wildman–Crippen MR) is 44.8 cm³/mol. The summed E-state index contributed by atoms with van der Waals surface area (Å²) < 4.78 is 5.09. The first kappa shape index (κ1) is 16.0. The van der Waals surface area contributed by atoms with Gasteiger partial charge in [0.1, 0.15) is 0 Å². The standard InChI is InChI=1S/C6H14O.2CH4/c1-4-7-5-6(2)3;;/h6H,4-5H2,1-3H3;2*1H4. The van der Waals surface area contributed by atoms with Crippen molar-refractivity contribution in [2.45, 2.75) is 35.6 Å². The largest absolute Gasteiger partial charge is 0.381 e. The van der Waals surface area contributed by atoms with Crippen LogP contribution in [0.25, 0.3) is 0 Å². The number of hydrogen-bond donors (Lipinski definition) is 0. The molecule has 0 aromatic rings. The summed E-state index contributed by atoms with van der Waals surface area (Å²) in [4.78, 5) is 0. The van der Waals surface area contributed by atoms with Gasteiger partial charge < -0.3 is 4.74 Å². The maximum Gasteiger partial charge on any atom is 0.0488 e. The second kappa shape index (κ2) is 10.9. The Balaban J connectivity index is -0.000000180. The van der Waals surface area contributed by atoms with Gasteiger partial charge in [-0.1, -0.05) is 28.7 Å². The lowest BCUT2D eigenvalue weighted by atomic mass is 10.2. The molecule has 0 saturated carbocycles. The first-order chi connectivity index (χ1) is 3.27. The summed E-state index contributed by atoms with van der Waals surface area (Å²) >= 11 is 0. The Morgan fingerprint density at radius 3 is 1.78 bits per heavy atom. The summed E-state index contributed by atoms with van der Waals surface area (Å²) in [6.07, 6.45) is 0. The lowest BCUT2D eigenvalue weighted by Gasteiger charge is -2.01. The highest BCUT2D eigenvalue weighted by Crippen LogP contribution is 1.90. The molecule has 0 rings (SSSR count). The Morgan fingerprint density at radius 2 is 1.67 bits per heavy atom. The molecule has 0 heterocycles. The van der Waals surface area contributed by atoms with Crippen LogP contribution < -0.4 is 0 Å². The SMILES string of the molecule is C.C.CCOCC(C)C. The average Bonchev–Trinajstić information content (AvgIpc) is 1.61. The molecule has 1 heteroatoms. The van der Waals surface area contributed by atoms with Gasteiger partial charge in [0, 0.05) is 13.2 Å². The van der Waals surface area contributed by atoms with Crippen LogP contribution in [0, 0.1) is 5.92 Å². The normalized spacial score (nSPS) is 8.00. The topological polar surface area (TPSA) is 9.23 Å². The van der Waals surface area contributed by atoms with Crippen LogP contribution in [-0.2, 0) is 4.74 Å². The highest BCUT2D eigenvalue weighted by Gasteiger charge is 1.88. The molecule has 9 heavy (non-hydrogen) atoms. The maximum atomic E-state index is 5.09. The molecule has 0 unspecified atom stereocenters. The molecule has 0 N–H and O–H groups in total. The van der Waals surface area contributed by atoms with E-state index in [-0.39, 0.29) is 14.9 Å². The summed E-state index contributed by atoms with van der Waals surface area (Å²) in [5.41, 5.74) is 0. The minimum Gasteiger partial charge on any atom is -0.381 e. The molecule has 0 atom stereocenters. The van der Waals surface area contributed by atoms with Crippen molar-refractivity contribution in [2.75, 3.05) is 13.2 Å². The minimum absolute atomic E-state index is 0. The van der Waals surface area contributed by atoms with E-state index in [0.717, 1.165) is 13.2 Å². The van der Waals surface area contributed by atoms with Crippen molar-refractivity contribution in [3.8, 4) is 0 Å². The maximum absolute atomic E-state index is 5.09. The van der Waals surface area contributed by atoms with Gasteiger partial charge in [-0.05, 0) is 12.8 Å². The second-order valence-electron chi connectivity index (χ2n) is 2.05. The van der Waals surface area contributed by atoms with Gasteiger partial charge in [0.15, 0.2) is 0 Å². The van der Waals surface area contributed by atoms with Gasteiger partial charge in [-0.25, -0.2) is 0 Å². The summed E-state index contributed by atoms with van der Waals surface area (Å²) in [5, 5.41) is 0. The fraction of sp³-hybridized carbons (Fsp3) is 1.00. The molecule has 0 amide bonds. The third-order valence-electron chi connectivity index (χ3n) is 0.655. The number of rotatable bonds is 3. The smallest absolute Gasteiger partial charge is 0.0488 e. The number of hydrogen-bond acceptors (Lipinski definition) is 1. The van der Waals surface area contributed by atoms with Crippen LogP contribution in [0.5, 0.6) is 0 Å². The van der Waals surface area contributed by atoms with Crippen molar-refractivity contribution in [1.29, 1.82) is 0 Å². The summed E-state index contributed by atoms with van der Waals surface area (Å²) in [6.45, 7) is 8.06. The minimum atomic E-state index is 0. The van der Waals surface area contributed by atoms with E-state index in [1.54, 1.807) is 0 Å². The molecule has 0 aliphatic carbocycles. The average molecular weight is 134 g/mol. The second-order valence-corrected chi connectivity index (χ2v) is 2.05. The van der Waals surface area contributed by atoms with Gasteiger partial charge in [0.2, 0.25) is 0 Å². The molecule has 0 bridgehead atoms. The van der Waals surface area contributed by atoms with E-state index in [0.29, 0.717) is 5.92 Å². The van der Waals surface area contributed by atoms with E-state index in [4.69, 9.17) is 4.74 Å². The molecule has 0 aromatic heterocycles. The van der Waals surface area contributed by atoms with Gasteiger partial charge in [-0.3, -0.25) is 0 Å². The molecular formula is C8H22O. The lowest BCUT2D eigenvalue weighted by Crippen LogP contribution is -2.00. The van der Waals surface area contributed by atoms with Crippen molar-refractivity contribution in [2.24, 2.45) is 5.92 Å². The predicted octanol–water partition coefficient (Wildman–Crippen LogP) is 2.95. The van der Waals surface area contributed by atoms with Crippen LogP contribution >= 0.6 is 0 Å². The van der Waals surface area contributed by atoms with E-state index >= 15 is 0 Å². The third-order valence-corrected chi connectivity index (χ3v) is 0.655. The summed E-state index contributed by atoms with van der Waals surface area (Å²) in [7, 11) is 0. The molecule has 0 aliphatic rings. The highest BCUT2D eigenvalue weighted by atomic mass is 16.5. The lowest BCUT2D eigenvalue weighted by molar-refractivity contribution is 0.122. The zero-order chi connectivity index (χ0) is 5.70. The fourth-order valence-electron chi connectivity index (χ4n) is 0.354. The Kier molecular flexibility index (Phi) is 19.3. The van der Waals surface area contributed by atoms with Gasteiger partial charge in [-0.15, -0.1) is 0 Å². The molecule has 0 aromatic carbocycles. The summed E-state index contributed by atoms with van der Waals surface area (Å²) in [5.74, 6) is 0.681. The molecule has 60 valence electrons. The van der Waals surface area contributed by atoms with Crippen LogP contribution in [0.1, 0.15) is 35.6 Å². The van der Waals surface area contributed by atoms with Crippen LogP contribution in [-0.4, -0.2) is 13.2 Å². The quantitative estimate of drug-likeness (QED) is 0.576. The summed E-state index contributed by atoms with van der Waals surface area (Å²) in [6, 6.07) is 0. The van der Waals surface area contributed by atoms with Crippen LogP contribution in [0.3, 0.4) is 0 Å². The first-order valence-corrected chi connectivity index (χ1v) is 2.85. The number of ether oxygens (including phenoxy) is 1. The van der Waals surface area contributed by atoms with E-state index in [2.05, 4.69) is 13.8 Å². The van der Waals surface area contributed by atoms with E-state index in [9.17, 15) is 0 Å². The van der Waals surface area contributed by atoms with Crippen molar-refractivity contribution in [1.82, 2.24) is 0 Å². The van der Waals surface area contributed by atoms with E-state index < -0.39 is 0 Å². The van der Waals surface area contributed by atoms with Crippen LogP contribution in [0.4, 0.5) is 0 Å². The zero-order valence-electron chi connectivity index (χ0n) is 5.40. The monoisotopic (exact) mass is 134 g/mol. The Labute approximate surface area is 60.4 Å². The van der Waals surface area contributed by atoms with Crippen molar-refractivity contribution in [3.63, 3.8) is 0 Å². The molecule has 1 nitrogen and oxygen atoms in total. The van der Waals surface area contributed by atoms with Gasteiger partial charge in [0.05, 0.1) is 0 Å². The van der Waals surface area contributed by atoms with E-state index in [1.165, 1.54) is 0 Å². The van der Waals surface area contributed by atoms with Crippen LogP contribution in [0.15, 0.2) is 0 Å². The van der Waals surface area contributed by atoms with Gasteiger partial charge >= 0.3 is 0 Å². The first-order valence-electron chi connectivity index (χ1n) is 2.85. The zero-order valence-corrected chi connectivity index (χ0v) is 5.40. The fourth-order valence-corrected chi connectivity index (χ4v) is 0.354. The van der Waals surface area contributed by atoms with Crippen molar-refractivity contribution >= 4 is 0 Å². The molecular weight excluding hydrogens is 112 g/mol. The molecule has 0 spiro atoms. The molecule has 0 radical (unpaired) electrons. The van der Waals surface area contributed by atoms with Crippen LogP contribution in [0.2, 0.25) is 0 Å². The van der Waals surface area contributed by atoms with Gasteiger partial charge in [0.25, 0.3) is 0 Å². The molecule has 0 fully saturated rings. The van der Waals surface area contributed by atoms with E-state index in [1.807, 2.05) is 6.92 Å².